The highest BCUT2D eigenvalue weighted by molar-refractivity contribution is 5.82. The highest BCUT2D eigenvalue weighted by Gasteiger charge is 2.17. The summed E-state index contributed by atoms with van der Waals surface area (Å²) in [6.07, 6.45) is 1.32. The summed E-state index contributed by atoms with van der Waals surface area (Å²) in [4.78, 5) is 53.3. The number of aryl methyl sites for hydroxylation is 2. The smallest absolute Gasteiger partial charge is 0.336 e. The van der Waals surface area contributed by atoms with Crippen molar-refractivity contribution in [1.29, 1.82) is 0 Å². The van der Waals surface area contributed by atoms with Gasteiger partial charge in [-0.2, -0.15) is 0 Å². The molecule has 172 valence electrons. The molecule has 0 aliphatic heterocycles. The van der Waals surface area contributed by atoms with E-state index in [0.29, 0.717) is 16.5 Å². The number of fused-ring (bicyclic) bond motifs is 2. The molecule has 0 radical (unpaired) electrons. The van der Waals surface area contributed by atoms with Gasteiger partial charge in [0.05, 0.1) is 6.33 Å². The molecule has 0 N–H and O–H groups in total. The van der Waals surface area contributed by atoms with Crippen LogP contribution in [0.2, 0.25) is 0 Å². The summed E-state index contributed by atoms with van der Waals surface area (Å²) < 4.78 is 14.3. The molecule has 3 aromatic heterocycles. The molecular formula is C23H24N4O6. The maximum absolute atomic E-state index is 12.6. The first-order valence-corrected chi connectivity index (χ1v) is 10.4. The van der Waals surface area contributed by atoms with Crippen molar-refractivity contribution in [3.63, 3.8) is 0 Å². The Hall–Kier alpha value is -3.95. The minimum Gasteiger partial charge on any atom is -0.459 e. The molecule has 0 amide bonds. The molecule has 0 atom stereocenters. The fraction of sp³-hybridized carbons (Fsp3) is 0.348. The minimum absolute atomic E-state index is 0.124. The lowest BCUT2D eigenvalue weighted by atomic mass is 9.95. The highest BCUT2D eigenvalue weighted by Crippen LogP contribution is 2.27. The van der Waals surface area contributed by atoms with E-state index in [0.717, 1.165) is 15.7 Å². The zero-order chi connectivity index (χ0) is 24.0. The van der Waals surface area contributed by atoms with Crippen LogP contribution in [0.5, 0.6) is 0 Å². The summed E-state index contributed by atoms with van der Waals surface area (Å²) >= 11 is 0. The molecule has 0 bridgehead atoms. The lowest BCUT2D eigenvalue weighted by molar-refractivity contribution is -0.145. The van der Waals surface area contributed by atoms with Crippen LogP contribution in [0.4, 0.5) is 0 Å². The molecule has 4 rings (SSSR count). The van der Waals surface area contributed by atoms with Gasteiger partial charge in [0.1, 0.15) is 18.7 Å². The number of hydrogen-bond acceptors (Lipinski definition) is 7. The van der Waals surface area contributed by atoms with Crippen molar-refractivity contribution in [2.75, 3.05) is 0 Å². The van der Waals surface area contributed by atoms with Crippen molar-refractivity contribution in [1.82, 2.24) is 18.7 Å². The second-order valence-electron chi connectivity index (χ2n) is 8.36. The predicted molar refractivity (Wildman–Crippen MR) is 121 cm³/mol. The summed E-state index contributed by atoms with van der Waals surface area (Å²) in [6.45, 7) is 5.69. The first-order valence-electron chi connectivity index (χ1n) is 10.4. The van der Waals surface area contributed by atoms with E-state index < -0.39 is 22.8 Å². The first kappa shape index (κ1) is 22.3. The predicted octanol–water partition coefficient (Wildman–Crippen LogP) is 1.72. The van der Waals surface area contributed by atoms with Gasteiger partial charge in [-0.15, -0.1) is 0 Å². The monoisotopic (exact) mass is 452 g/mol. The van der Waals surface area contributed by atoms with E-state index in [9.17, 15) is 19.2 Å². The Balaban J connectivity index is 1.63. The third-order valence-electron chi connectivity index (χ3n) is 5.74. The third-order valence-corrected chi connectivity index (χ3v) is 5.74. The van der Waals surface area contributed by atoms with Gasteiger partial charge in [0.25, 0.3) is 5.56 Å². The topological polar surface area (TPSA) is 118 Å². The van der Waals surface area contributed by atoms with Gasteiger partial charge in [0.15, 0.2) is 11.2 Å². The van der Waals surface area contributed by atoms with Crippen LogP contribution in [0.25, 0.3) is 22.1 Å². The van der Waals surface area contributed by atoms with Crippen molar-refractivity contribution < 1.29 is 13.9 Å². The number of carbonyl (C=O) groups excluding carboxylic acids is 1. The summed E-state index contributed by atoms with van der Waals surface area (Å²) in [6, 6.07) is 5.08. The van der Waals surface area contributed by atoms with Crippen molar-refractivity contribution in [2.24, 2.45) is 14.1 Å². The lowest BCUT2D eigenvalue weighted by Crippen LogP contribution is -2.37. The highest BCUT2D eigenvalue weighted by atomic mass is 16.5. The molecule has 0 saturated heterocycles. The number of esters is 1. The van der Waals surface area contributed by atoms with Crippen LogP contribution in [-0.4, -0.2) is 24.7 Å². The van der Waals surface area contributed by atoms with E-state index in [4.69, 9.17) is 9.15 Å². The zero-order valence-corrected chi connectivity index (χ0v) is 19.0. The average molecular weight is 452 g/mol. The van der Waals surface area contributed by atoms with Crippen LogP contribution in [0.15, 0.2) is 43.3 Å². The van der Waals surface area contributed by atoms with Crippen LogP contribution in [0.3, 0.4) is 0 Å². The second-order valence-corrected chi connectivity index (χ2v) is 8.36. The third kappa shape index (κ3) is 3.88. The van der Waals surface area contributed by atoms with E-state index >= 15 is 0 Å². The largest absolute Gasteiger partial charge is 0.459 e. The summed E-state index contributed by atoms with van der Waals surface area (Å²) in [5.41, 5.74) is 1.79. The molecule has 0 aliphatic rings. The Labute approximate surface area is 187 Å². The Bertz CT molecular complexity index is 1590. The van der Waals surface area contributed by atoms with Crippen LogP contribution in [0, 0.1) is 6.92 Å². The number of benzene rings is 1. The summed E-state index contributed by atoms with van der Waals surface area (Å²) in [5.74, 6) is -0.354. The lowest BCUT2D eigenvalue weighted by Gasteiger charge is -2.13. The molecule has 0 aliphatic carbocycles. The van der Waals surface area contributed by atoms with Gasteiger partial charge in [-0.05, 0) is 36.1 Å². The van der Waals surface area contributed by atoms with Crippen molar-refractivity contribution in [3.8, 4) is 0 Å². The van der Waals surface area contributed by atoms with Crippen LogP contribution < -0.4 is 16.9 Å². The molecule has 10 nitrogen and oxygen atoms in total. The second kappa shape index (κ2) is 8.19. The summed E-state index contributed by atoms with van der Waals surface area (Å²) in [5, 5.41) is 0.702. The number of aromatic nitrogens is 4. The van der Waals surface area contributed by atoms with E-state index in [-0.39, 0.29) is 30.2 Å². The zero-order valence-electron chi connectivity index (χ0n) is 19.0. The van der Waals surface area contributed by atoms with Gasteiger partial charge in [-0.1, -0.05) is 13.8 Å². The average Bonchev–Trinajstić information content (AvgIpc) is 3.17. The number of carbonyl (C=O) groups is 1. The van der Waals surface area contributed by atoms with Gasteiger partial charge in [0, 0.05) is 31.1 Å². The van der Waals surface area contributed by atoms with Gasteiger partial charge in [-0.25, -0.2) is 14.6 Å². The molecule has 4 aromatic rings. The van der Waals surface area contributed by atoms with Gasteiger partial charge in [0.2, 0.25) is 0 Å². The molecule has 1 aromatic carbocycles. The fourth-order valence-corrected chi connectivity index (χ4v) is 3.99. The van der Waals surface area contributed by atoms with E-state index in [1.165, 1.54) is 35.6 Å². The maximum Gasteiger partial charge on any atom is 0.336 e. The minimum atomic E-state index is -0.622. The van der Waals surface area contributed by atoms with E-state index in [1.54, 1.807) is 0 Å². The molecule has 0 spiro atoms. The van der Waals surface area contributed by atoms with Gasteiger partial charge < -0.3 is 13.7 Å². The van der Waals surface area contributed by atoms with E-state index in [1.807, 2.05) is 19.1 Å². The normalized spacial score (nSPS) is 11.6. The molecule has 0 fully saturated rings. The maximum atomic E-state index is 12.6. The van der Waals surface area contributed by atoms with Gasteiger partial charge >= 0.3 is 17.3 Å². The summed E-state index contributed by atoms with van der Waals surface area (Å²) in [7, 11) is 2.86. The number of imidazole rings is 1. The standard InChI is InChI=1S/C23H24N4O6/c1-12(2)15-8-16-14(7-18(28)33-17(16)6-13(15)3)10-32-19(29)9-27-11-24-21-20(27)22(30)26(5)23(31)25(21)4/h6-8,11-12H,9-10H2,1-5H3. The number of rotatable bonds is 5. The van der Waals surface area contributed by atoms with Crippen molar-refractivity contribution in [3.05, 3.63) is 72.5 Å². The van der Waals surface area contributed by atoms with Crippen molar-refractivity contribution in [2.45, 2.75) is 39.8 Å². The Morgan fingerprint density at radius 3 is 2.55 bits per heavy atom. The molecule has 0 unspecified atom stereocenters. The molecule has 33 heavy (non-hydrogen) atoms. The van der Waals surface area contributed by atoms with E-state index in [2.05, 4.69) is 18.8 Å². The number of ether oxygens (including phenoxy) is 1. The Morgan fingerprint density at radius 1 is 1.12 bits per heavy atom. The van der Waals surface area contributed by atoms with Crippen LogP contribution >= 0.6 is 0 Å². The van der Waals surface area contributed by atoms with Crippen molar-refractivity contribution >= 4 is 28.1 Å². The SMILES string of the molecule is Cc1cc2oc(=O)cc(COC(=O)Cn3cnc4c3c(=O)n(C)c(=O)n4C)c2cc1C(C)C. The van der Waals surface area contributed by atoms with Crippen LogP contribution in [-0.2, 0) is 36.8 Å². The van der Waals surface area contributed by atoms with Crippen LogP contribution in [0.1, 0.15) is 36.5 Å². The molecule has 0 saturated carbocycles. The number of nitrogens with zero attached hydrogens (tertiary/aromatic N) is 4. The Morgan fingerprint density at radius 2 is 1.85 bits per heavy atom. The fourth-order valence-electron chi connectivity index (χ4n) is 3.99. The molecule has 3 heterocycles. The quantitative estimate of drug-likeness (QED) is 0.334. The number of hydrogen-bond donors (Lipinski definition) is 0. The Kier molecular flexibility index (Phi) is 5.52. The molecule has 10 heteroatoms. The molecular weight excluding hydrogens is 428 g/mol. The van der Waals surface area contributed by atoms with Gasteiger partial charge in [-0.3, -0.25) is 18.7 Å². The first-order chi connectivity index (χ1) is 15.6.